The lowest BCUT2D eigenvalue weighted by atomic mass is 9.93. The van der Waals surface area contributed by atoms with Crippen LogP contribution < -0.4 is 0 Å². The highest BCUT2D eigenvalue weighted by Gasteiger charge is 2.21. The van der Waals surface area contributed by atoms with E-state index in [1.807, 2.05) is 13.8 Å². The van der Waals surface area contributed by atoms with Crippen LogP contribution in [0, 0.1) is 5.92 Å². The molecule has 46 heavy (non-hydrogen) atoms. The molecule has 264 valence electrons. The first-order valence-corrected chi connectivity index (χ1v) is 18.0. The van der Waals surface area contributed by atoms with Gasteiger partial charge in [-0.2, -0.15) is 0 Å². The van der Waals surface area contributed by atoms with Gasteiger partial charge in [-0.15, -0.1) is 0 Å². The summed E-state index contributed by atoms with van der Waals surface area (Å²) in [5, 5.41) is 0. The second-order valence-electron chi connectivity index (χ2n) is 12.1. The molecule has 0 aliphatic carbocycles. The Bertz CT molecular complexity index is 922. The monoisotopic (exact) mass is 647 g/mol. The van der Waals surface area contributed by atoms with Crippen molar-refractivity contribution in [2.24, 2.45) is 5.92 Å². The predicted molar refractivity (Wildman–Crippen MR) is 185 cm³/mol. The molecule has 0 bridgehead atoms. The third-order valence-corrected chi connectivity index (χ3v) is 7.88. The minimum absolute atomic E-state index is 0.0371. The van der Waals surface area contributed by atoms with E-state index in [1.165, 1.54) is 51.0 Å². The molecular formula is C38H65NO7. The number of esters is 2. The number of carbonyl (C=O) groups excluding carboxylic acids is 4. The highest BCUT2D eigenvalue weighted by Crippen LogP contribution is 2.20. The van der Waals surface area contributed by atoms with Crippen molar-refractivity contribution in [2.75, 3.05) is 32.8 Å². The van der Waals surface area contributed by atoms with Gasteiger partial charge in [-0.25, -0.2) is 0 Å². The zero-order valence-corrected chi connectivity index (χ0v) is 29.9. The molecule has 2 atom stereocenters. The Morgan fingerprint density at radius 2 is 1.30 bits per heavy atom. The van der Waals surface area contributed by atoms with Crippen molar-refractivity contribution in [3.8, 4) is 0 Å². The summed E-state index contributed by atoms with van der Waals surface area (Å²) in [5.74, 6) is -0.557. The normalized spacial score (nSPS) is 12.5. The lowest BCUT2D eigenvalue weighted by molar-refractivity contribution is -0.149. The third-order valence-electron chi connectivity index (χ3n) is 7.88. The van der Waals surface area contributed by atoms with Crippen molar-refractivity contribution in [3.05, 3.63) is 30.2 Å². The Labute approximate surface area is 280 Å². The lowest BCUT2D eigenvalue weighted by Crippen LogP contribution is -2.36. The van der Waals surface area contributed by atoms with Crippen molar-refractivity contribution in [3.63, 3.8) is 0 Å². The first kappa shape index (κ1) is 43.3. The molecule has 0 saturated heterocycles. The third kappa shape index (κ3) is 24.5. The zero-order valence-electron chi connectivity index (χ0n) is 29.9. The van der Waals surface area contributed by atoms with Crippen LogP contribution in [0.5, 0.6) is 0 Å². The highest BCUT2D eigenvalue weighted by molar-refractivity contribution is 5.91. The van der Waals surface area contributed by atoms with Gasteiger partial charge < -0.3 is 14.2 Å². The second-order valence-corrected chi connectivity index (χ2v) is 12.1. The standard InChI is InChI=1S/C38H65NO7/c1-7-13-15-17-19-21-25-44-36(11-5)30-39(31-38(43)45-26-22-20-18-16-14-8-2)29-34(41)24-23-32(27-33(40)9-3)28-35(10-4)46-37(42)12-6/h23-24,32,35H,5,7-10,12-22,25-31H2,1-4,6H3/t32-,35-/m1/s1. The summed E-state index contributed by atoms with van der Waals surface area (Å²) in [4.78, 5) is 51.8. The van der Waals surface area contributed by atoms with E-state index in [0.29, 0.717) is 38.2 Å². The number of carbonyl (C=O) groups is 4. The number of hydrogen-bond acceptors (Lipinski definition) is 8. The maximum atomic E-state index is 13.2. The number of ether oxygens (including phenoxy) is 3. The maximum Gasteiger partial charge on any atom is 0.320 e. The number of allylic oxidation sites excluding steroid dienone is 1. The van der Waals surface area contributed by atoms with E-state index in [-0.39, 0.29) is 68.0 Å². The molecule has 0 aromatic heterocycles. The molecule has 0 aliphatic heterocycles. The largest absolute Gasteiger partial charge is 0.489 e. The van der Waals surface area contributed by atoms with Crippen LogP contribution in [0.3, 0.4) is 0 Å². The summed E-state index contributed by atoms with van der Waals surface area (Å²) in [5.41, 5.74) is 2.84. The van der Waals surface area contributed by atoms with E-state index in [1.54, 1.807) is 17.9 Å². The Hall–Kier alpha value is -2.70. The maximum absolute atomic E-state index is 13.2. The van der Waals surface area contributed by atoms with Crippen LogP contribution in [0.25, 0.3) is 0 Å². The molecule has 0 aromatic rings. The fourth-order valence-corrected chi connectivity index (χ4v) is 4.99. The number of ketones is 2. The molecule has 0 saturated carbocycles. The number of hydrogen-bond donors (Lipinski definition) is 0. The molecular weight excluding hydrogens is 582 g/mol. The topological polar surface area (TPSA) is 99.2 Å². The fraction of sp³-hybridized carbons (Fsp3) is 0.763. The van der Waals surface area contributed by atoms with Gasteiger partial charge in [-0.3, -0.25) is 24.1 Å². The quantitative estimate of drug-likeness (QED) is 0.0243. The van der Waals surface area contributed by atoms with Gasteiger partial charge in [0.2, 0.25) is 0 Å². The van der Waals surface area contributed by atoms with E-state index in [0.717, 1.165) is 32.1 Å². The molecule has 0 unspecified atom stereocenters. The molecule has 0 radical (unpaired) electrons. The van der Waals surface area contributed by atoms with Gasteiger partial charge in [0, 0.05) is 19.3 Å². The van der Waals surface area contributed by atoms with Gasteiger partial charge in [0.25, 0.3) is 0 Å². The van der Waals surface area contributed by atoms with Crippen molar-refractivity contribution < 1.29 is 33.4 Å². The summed E-state index contributed by atoms with van der Waals surface area (Å²) >= 11 is 0. The number of nitrogens with zero attached hydrogens (tertiary/aromatic N) is 1. The number of Topliss-reactive ketones (excluding diaryl/α,β-unsaturated/α-hetero) is 1. The molecule has 8 nitrogen and oxygen atoms in total. The average molecular weight is 648 g/mol. The van der Waals surface area contributed by atoms with Gasteiger partial charge in [0.05, 0.1) is 32.8 Å². The van der Waals surface area contributed by atoms with E-state index in [2.05, 4.69) is 26.2 Å². The molecule has 0 rings (SSSR count). The first-order chi connectivity index (χ1) is 22.2. The lowest BCUT2D eigenvalue weighted by Gasteiger charge is -2.22. The number of rotatable bonds is 31. The van der Waals surface area contributed by atoms with E-state index in [9.17, 15) is 19.2 Å². The molecule has 0 aliphatic rings. The second kappa shape index (κ2) is 29.7. The first-order valence-electron chi connectivity index (χ1n) is 18.0. The van der Waals surface area contributed by atoms with Crippen LogP contribution in [0.4, 0.5) is 0 Å². The Morgan fingerprint density at radius 1 is 0.717 bits per heavy atom. The van der Waals surface area contributed by atoms with Crippen molar-refractivity contribution in [1.29, 1.82) is 0 Å². The van der Waals surface area contributed by atoms with Crippen LogP contribution in [0.15, 0.2) is 30.2 Å². The van der Waals surface area contributed by atoms with E-state index in [4.69, 9.17) is 14.2 Å². The minimum atomic E-state index is -0.389. The van der Waals surface area contributed by atoms with E-state index >= 15 is 0 Å². The minimum Gasteiger partial charge on any atom is -0.489 e. The Kier molecular flexibility index (Phi) is 27.9. The summed E-state index contributed by atoms with van der Waals surface area (Å²) in [6, 6.07) is 0. The van der Waals surface area contributed by atoms with Crippen LogP contribution in [0.1, 0.15) is 144 Å². The smallest absolute Gasteiger partial charge is 0.320 e. The molecule has 8 heteroatoms. The van der Waals surface area contributed by atoms with E-state index < -0.39 is 0 Å². The molecule has 0 heterocycles. The van der Waals surface area contributed by atoms with Gasteiger partial charge in [-0.05, 0) is 37.7 Å². The summed E-state index contributed by atoms with van der Waals surface area (Å²) < 4.78 is 17.0. The van der Waals surface area contributed by atoms with Crippen molar-refractivity contribution in [2.45, 2.75) is 150 Å². The van der Waals surface area contributed by atoms with Crippen molar-refractivity contribution >= 4 is 23.5 Å². The average Bonchev–Trinajstić information content (AvgIpc) is 3.04. The van der Waals surface area contributed by atoms with Crippen LogP contribution in [-0.2, 0) is 33.4 Å². The highest BCUT2D eigenvalue weighted by atomic mass is 16.5. The molecule has 0 aromatic carbocycles. The van der Waals surface area contributed by atoms with Crippen LogP contribution in [0.2, 0.25) is 0 Å². The summed E-state index contributed by atoms with van der Waals surface area (Å²) in [7, 11) is 0. The predicted octanol–water partition coefficient (Wildman–Crippen LogP) is 8.47. The van der Waals surface area contributed by atoms with Gasteiger partial charge in [-0.1, -0.05) is 117 Å². The Morgan fingerprint density at radius 3 is 1.85 bits per heavy atom. The molecule has 0 spiro atoms. The van der Waals surface area contributed by atoms with Crippen LogP contribution in [-0.4, -0.2) is 67.4 Å². The van der Waals surface area contributed by atoms with Crippen molar-refractivity contribution in [1.82, 2.24) is 4.90 Å². The SMILES string of the molecule is C=C=C(CN(CC(=O)C=C[C@H](CC(=O)CC)C[C@@H](CC)OC(=O)CC)CC(=O)OCCCCCCCC)OCCCCCCCC. The molecule has 0 amide bonds. The zero-order chi connectivity index (χ0) is 34.4. The summed E-state index contributed by atoms with van der Waals surface area (Å²) in [6.45, 7) is 14.6. The van der Waals surface area contributed by atoms with Crippen LogP contribution >= 0.6 is 0 Å². The van der Waals surface area contributed by atoms with Gasteiger partial charge in [0.15, 0.2) is 11.5 Å². The Balaban J connectivity index is 5.41. The summed E-state index contributed by atoms with van der Waals surface area (Å²) in [6.07, 6.45) is 18.3. The number of unbranched alkanes of at least 4 members (excludes halogenated alkanes) is 10. The molecule has 0 fully saturated rings. The molecule has 0 N–H and O–H groups in total. The fourth-order valence-electron chi connectivity index (χ4n) is 4.99. The van der Waals surface area contributed by atoms with Gasteiger partial charge in [0.1, 0.15) is 11.9 Å². The van der Waals surface area contributed by atoms with Gasteiger partial charge >= 0.3 is 11.9 Å².